The Balaban J connectivity index is 4.08. The highest BCUT2D eigenvalue weighted by Crippen LogP contribution is 2.19. The van der Waals surface area contributed by atoms with Crippen LogP contribution in [0.25, 0.3) is 0 Å². The van der Waals surface area contributed by atoms with E-state index >= 15 is 0 Å². The number of rotatable bonds is 70. The third-order valence-corrected chi connectivity index (χ3v) is 17.3. The number of esters is 3. The standard InChI is InChI=1S/C75H144O6/c1-4-7-10-13-16-19-22-25-28-30-31-32-33-34-35-36-37-38-39-40-41-42-43-44-45-46-48-50-53-56-59-62-65-68-74(77)80-71-72(70-79-73(76)67-64-61-58-55-52-49-27-24-21-18-15-12-9-6-3)81-75(78)69-66-63-60-57-54-51-47-29-26-23-20-17-14-11-8-5-2/h30-31,72H,4-29,32-71H2,1-3H3/b31-30-. The summed E-state index contributed by atoms with van der Waals surface area (Å²) in [6, 6.07) is 0. The molecule has 0 aromatic rings. The van der Waals surface area contributed by atoms with Crippen LogP contribution in [0.5, 0.6) is 0 Å². The second-order valence-electron chi connectivity index (χ2n) is 25.6. The van der Waals surface area contributed by atoms with Crippen LogP contribution >= 0.6 is 0 Å². The van der Waals surface area contributed by atoms with Crippen molar-refractivity contribution in [1.82, 2.24) is 0 Å². The van der Waals surface area contributed by atoms with Gasteiger partial charge in [-0.15, -0.1) is 0 Å². The van der Waals surface area contributed by atoms with E-state index < -0.39 is 6.10 Å². The Morgan fingerprint density at radius 2 is 0.407 bits per heavy atom. The van der Waals surface area contributed by atoms with Gasteiger partial charge in [-0.1, -0.05) is 380 Å². The highest BCUT2D eigenvalue weighted by Gasteiger charge is 2.20. The highest BCUT2D eigenvalue weighted by atomic mass is 16.6. The van der Waals surface area contributed by atoms with E-state index in [2.05, 4.69) is 32.9 Å². The molecule has 0 fully saturated rings. The largest absolute Gasteiger partial charge is 0.462 e. The lowest BCUT2D eigenvalue weighted by molar-refractivity contribution is -0.167. The number of ether oxygens (including phenoxy) is 3. The molecule has 0 aromatic carbocycles. The Morgan fingerprint density at radius 3 is 0.617 bits per heavy atom. The molecule has 1 unspecified atom stereocenters. The molecule has 0 saturated heterocycles. The molecule has 6 heteroatoms. The Bertz CT molecular complexity index is 1260. The fourth-order valence-corrected chi connectivity index (χ4v) is 11.7. The molecule has 6 nitrogen and oxygen atoms in total. The van der Waals surface area contributed by atoms with E-state index in [0.29, 0.717) is 19.3 Å². The van der Waals surface area contributed by atoms with Crippen LogP contribution in [0.1, 0.15) is 432 Å². The van der Waals surface area contributed by atoms with Crippen LogP contribution in [0.4, 0.5) is 0 Å². The monoisotopic (exact) mass is 1140 g/mol. The van der Waals surface area contributed by atoms with E-state index in [0.717, 1.165) is 57.8 Å². The first kappa shape index (κ1) is 79.2. The summed E-state index contributed by atoms with van der Waals surface area (Å²) in [4.78, 5) is 38.4. The molecule has 0 aromatic heterocycles. The summed E-state index contributed by atoms with van der Waals surface area (Å²) in [5, 5.41) is 0. The summed E-state index contributed by atoms with van der Waals surface area (Å²) in [7, 11) is 0. The lowest BCUT2D eigenvalue weighted by Crippen LogP contribution is -2.30. The first-order valence-electron chi connectivity index (χ1n) is 37.2. The summed E-state index contributed by atoms with van der Waals surface area (Å²) < 4.78 is 17.0. The number of hydrogen-bond acceptors (Lipinski definition) is 6. The third kappa shape index (κ3) is 68.8. The van der Waals surface area contributed by atoms with Crippen molar-refractivity contribution < 1.29 is 28.6 Å². The molecule has 480 valence electrons. The van der Waals surface area contributed by atoms with Crippen molar-refractivity contribution in [1.29, 1.82) is 0 Å². The van der Waals surface area contributed by atoms with Gasteiger partial charge in [-0.05, 0) is 44.9 Å². The number of unbranched alkanes of at least 4 members (excludes halogenated alkanes) is 57. The van der Waals surface area contributed by atoms with E-state index in [1.165, 1.54) is 334 Å². The molecule has 81 heavy (non-hydrogen) atoms. The van der Waals surface area contributed by atoms with Crippen molar-refractivity contribution in [2.45, 2.75) is 438 Å². The summed E-state index contributed by atoms with van der Waals surface area (Å²) in [6.45, 7) is 6.73. The Labute approximate surface area is 507 Å². The van der Waals surface area contributed by atoms with Crippen LogP contribution in [-0.2, 0) is 28.6 Å². The maximum Gasteiger partial charge on any atom is 0.306 e. The van der Waals surface area contributed by atoms with E-state index in [4.69, 9.17) is 14.2 Å². The average molecular weight is 1140 g/mol. The van der Waals surface area contributed by atoms with Gasteiger partial charge in [0.05, 0.1) is 0 Å². The van der Waals surface area contributed by atoms with Crippen LogP contribution in [0.2, 0.25) is 0 Å². The zero-order chi connectivity index (χ0) is 58.5. The number of carbonyl (C=O) groups is 3. The average Bonchev–Trinajstić information content (AvgIpc) is 3.47. The lowest BCUT2D eigenvalue weighted by Gasteiger charge is -2.18. The fraction of sp³-hybridized carbons (Fsp3) is 0.933. The van der Waals surface area contributed by atoms with Crippen LogP contribution in [0.3, 0.4) is 0 Å². The van der Waals surface area contributed by atoms with Crippen LogP contribution in [-0.4, -0.2) is 37.2 Å². The van der Waals surface area contributed by atoms with Crippen LogP contribution in [0, 0.1) is 0 Å². The minimum absolute atomic E-state index is 0.0615. The fourth-order valence-electron chi connectivity index (χ4n) is 11.7. The molecule has 0 N–H and O–H groups in total. The van der Waals surface area contributed by atoms with Crippen molar-refractivity contribution in [3.05, 3.63) is 12.2 Å². The number of allylic oxidation sites excluding steroid dienone is 2. The van der Waals surface area contributed by atoms with Crippen LogP contribution < -0.4 is 0 Å². The Kier molecular flexibility index (Phi) is 69.0. The van der Waals surface area contributed by atoms with E-state index in [-0.39, 0.29) is 31.1 Å². The molecule has 0 saturated carbocycles. The van der Waals surface area contributed by atoms with Gasteiger partial charge < -0.3 is 14.2 Å². The van der Waals surface area contributed by atoms with Crippen molar-refractivity contribution in [3.63, 3.8) is 0 Å². The molecule has 0 heterocycles. The van der Waals surface area contributed by atoms with Gasteiger partial charge >= 0.3 is 17.9 Å². The topological polar surface area (TPSA) is 78.9 Å². The zero-order valence-corrected chi connectivity index (χ0v) is 55.4. The molecule has 0 rings (SSSR count). The first-order valence-corrected chi connectivity index (χ1v) is 37.2. The van der Waals surface area contributed by atoms with E-state index in [9.17, 15) is 14.4 Å². The summed E-state index contributed by atoms with van der Waals surface area (Å²) in [5.74, 6) is -0.823. The smallest absolute Gasteiger partial charge is 0.306 e. The van der Waals surface area contributed by atoms with Crippen LogP contribution in [0.15, 0.2) is 12.2 Å². The molecular weight excluding hydrogens is 997 g/mol. The van der Waals surface area contributed by atoms with Crippen molar-refractivity contribution >= 4 is 17.9 Å². The van der Waals surface area contributed by atoms with Crippen molar-refractivity contribution in [2.75, 3.05) is 13.2 Å². The molecule has 0 aliphatic carbocycles. The maximum absolute atomic E-state index is 12.9. The maximum atomic E-state index is 12.9. The van der Waals surface area contributed by atoms with Crippen molar-refractivity contribution in [2.24, 2.45) is 0 Å². The molecule has 0 radical (unpaired) electrons. The van der Waals surface area contributed by atoms with E-state index in [1.54, 1.807) is 0 Å². The van der Waals surface area contributed by atoms with Gasteiger partial charge in [0.15, 0.2) is 6.10 Å². The van der Waals surface area contributed by atoms with Crippen molar-refractivity contribution in [3.8, 4) is 0 Å². The summed E-state index contributed by atoms with van der Waals surface area (Å²) in [6.07, 6.45) is 85.5. The molecule has 0 aliphatic rings. The van der Waals surface area contributed by atoms with Gasteiger partial charge in [-0.3, -0.25) is 14.4 Å². The predicted molar refractivity (Wildman–Crippen MR) is 353 cm³/mol. The SMILES string of the molecule is CCCCCCCCCC/C=C\CCCCCCCCCCCCCCCCCCCCCCCC(=O)OCC(COC(=O)CCCCCCCCCCCCCCCC)OC(=O)CCCCCCCCCCCCCCCCCC. The zero-order valence-electron chi connectivity index (χ0n) is 55.4. The van der Waals surface area contributed by atoms with Gasteiger partial charge in [-0.2, -0.15) is 0 Å². The molecule has 0 spiro atoms. The lowest BCUT2D eigenvalue weighted by atomic mass is 10.0. The summed E-state index contributed by atoms with van der Waals surface area (Å²) in [5.41, 5.74) is 0. The summed E-state index contributed by atoms with van der Waals surface area (Å²) >= 11 is 0. The van der Waals surface area contributed by atoms with Gasteiger partial charge in [0.2, 0.25) is 0 Å². The second kappa shape index (κ2) is 70.6. The minimum atomic E-state index is -0.764. The van der Waals surface area contributed by atoms with Gasteiger partial charge in [0, 0.05) is 19.3 Å². The quantitative estimate of drug-likeness (QED) is 0.0261. The normalized spacial score (nSPS) is 12.0. The van der Waals surface area contributed by atoms with Gasteiger partial charge in [-0.25, -0.2) is 0 Å². The van der Waals surface area contributed by atoms with Gasteiger partial charge in [0.1, 0.15) is 13.2 Å². The predicted octanol–water partition coefficient (Wildman–Crippen LogP) is 25.6. The van der Waals surface area contributed by atoms with Gasteiger partial charge in [0.25, 0.3) is 0 Å². The molecular formula is C75H144O6. The first-order chi connectivity index (χ1) is 40.0. The molecule has 0 bridgehead atoms. The van der Waals surface area contributed by atoms with E-state index in [1.807, 2.05) is 0 Å². The Morgan fingerprint density at radius 1 is 0.235 bits per heavy atom. The second-order valence-corrected chi connectivity index (χ2v) is 25.6. The minimum Gasteiger partial charge on any atom is -0.462 e. The highest BCUT2D eigenvalue weighted by molar-refractivity contribution is 5.71. The molecule has 1 atom stereocenters. The Hall–Kier alpha value is -1.85. The number of hydrogen-bond donors (Lipinski definition) is 0. The molecule has 0 aliphatic heterocycles. The number of carbonyl (C=O) groups excluding carboxylic acids is 3. The third-order valence-electron chi connectivity index (χ3n) is 17.3. The molecule has 0 amide bonds.